The fraction of sp³-hybridized carbons (Fsp3) is 0.971. The van der Waals surface area contributed by atoms with Crippen molar-refractivity contribution in [3.8, 4) is 0 Å². The van der Waals surface area contributed by atoms with Crippen LogP contribution in [0.25, 0.3) is 0 Å². The molecule has 3 unspecified atom stereocenters. The lowest BCUT2D eigenvalue weighted by Crippen LogP contribution is -2.57. The van der Waals surface area contributed by atoms with Gasteiger partial charge in [0.1, 0.15) is 5.78 Å². The highest BCUT2D eigenvalue weighted by atomic mass is 32.2. The van der Waals surface area contributed by atoms with Gasteiger partial charge in [0, 0.05) is 19.3 Å². The maximum atomic E-state index is 12.9. The number of carbonyl (C=O) groups excluding carboxylic acids is 1. The number of thioether (sulfide) groups is 1. The fourth-order valence-corrected chi connectivity index (χ4v) is 11.0. The molecule has 1 N–H and O–H groups in total. The van der Waals surface area contributed by atoms with Gasteiger partial charge in [0.2, 0.25) is 0 Å². The molecular weight excluding hydrogens is 567 g/mol. The Balaban J connectivity index is 1.12. The molecule has 244 valence electrons. The molecule has 0 bridgehead atoms. The van der Waals surface area contributed by atoms with E-state index in [1.54, 1.807) is 0 Å². The van der Waals surface area contributed by atoms with Crippen LogP contribution in [0.4, 0.5) is 22.0 Å². The summed E-state index contributed by atoms with van der Waals surface area (Å²) in [6, 6.07) is 0. The SMILES string of the molecule is C[C@]12CCC(=O)CC1CC[C@@H]1[C@H]2C(CCCCCCCCCCSCCCC(F)(F)C(F)(F)F)C[C@]2(C)C(O)CC[C@@H]12. The molecule has 8 atom stereocenters. The summed E-state index contributed by atoms with van der Waals surface area (Å²) in [6.45, 7) is 4.90. The number of alkyl halides is 5. The summed E-state index contributed by atoms with van der Waals surface area (Å²) in [5.74, 6) is 0.329. The van der Waals surface area contributed by atoms with Crippen LogP contribution in [0.1, 0.15) is 136 Å². The number of fused-ring (bicyclic) bond motifs is 5. The Bertz CT molecular complexity index is 880. The van der Waals surface area contributed by atoms with Crippen molar-refractivity contribution in [3.63, 3.8) is 0 Å². The number of unbranched alkanes of at least 4 members (excludes halogenated alkanes) is 7. The predicted octanol–water partition coefficient (Wildman–Crippen LogP) is 10.4. The van der Waals surface area contributed by atoms with Crippen LogP contribution in [0.3, 0.4) is 0 Å². The molecule has 0 radical (unpaired) electrons. The summed E-state index contributed by atoms with van der Waals surface area (Å²) in [7, 11) is 0. The molecular formula is C34H55F5O2S. The van der Waals surface area contributed by atoms with Crippen LogP contribution in [0.15, 0.2) is 0 Å². The van der Waals surface area contributed by atoms with E-state index in [1.165, 1.54) is 69.5 Å². The second-order valence-electron chi connectivity index (χ2n) is 14.9. The molecule has 4 aliphatic carbocycles. The fourth-order valence-electron chi connectivity index (χ4n) is 10.0. The van der Waals surface area contributed by atoms with Gasteiger partial charge in [-0.3, -0.25) is 4.79 Å². The van der Waals surface area contributed by atoms with Gasteiger partial charge >= 0.3 is 12.1 Å². The number of carbonyl (C=O) groups is 1. The highest BCUT2D eigenvalue weighted by Crippen LogP contribution is 2.68. The number of Topliss-reactive ketones (excluding diaryl/α,β-unsaturated/α-hetero) is 1. The summed E-state index contributed by atoms with van der Waals surface area (Å²) < 4.78 is 62.4. The minimum Gasteiger partial charge on any atom is -0.393 e. The van der Waals surface area contributed by atoms with Crippen LogP contribution < -0.4 is 0 Å². The van der Waals surface area contributed by atoms with Crippen molar-refractivity contribution in [1.29, 1.82) is 0 Å². The summed E-state index contributed by atoms with van der Waals surface area (Å²) in [6.07, 6.45) is 12.1. The van der Waals surface area contributed by atoms with Crippen LogP contribution in [-0.2, 0) is 4.79 Å². The van der Waals surface area contributed by atoms with E-state index in [4.69, 9.17) is 0 Å². The van der Waals surface area contributed by atoms with Gasteiger partial charge < -0.3 is 5.11 Å². The van der Waals surface area contributed by atoms with Gasteiger partial charge in [-0.15, -0.1) is 0 Å². The molecule has 0 saturated heterocycles. The maximum absolute atomic E-state index is 12.9. The number of rotatable bonds is 15. The molecule has 42 heavy (non-hydrogen) atoms. The lowest BCUT2D eigenvalue weighted by atomic mass is 9.42. The zero-order chi connectivity index (χ0) is 30.6. The van der Waals surface area contributed by atoms with Gasteiger partial charge in [-0.2, -0.15) is 33.7 Å². The number of aliphatic hydroxyl groups excluding tert-OH is 1. The Labute approximate surface area is 255 Å². The second-order valence-corrected chi connectivity index (χ2v) is 16.1. The lowest BCUT2D eigenvalue weighted by molar-refractivity contribution is -0.284. The van der Waals surface area contributed by atoms with Crippen molar-refractivity contribution in [3.05, 3.63) is 0 Å². The average Bonchev–Trinajstić information content (AvgIpc) is 3.22. The van der Waals surface area contributed by atoms with E-state index in [0.717, 1.165) is 57.1 Å². The predicted molar refractivity (Wildman–Crippen MR) is 161 cm³/mol. The first-order chi connectivity index (χ1) is 19.8. The smallest absolute Gasteiger partial charge is 0.393 e. The number of hydrogen-bond donors (Lipinski definition) is 1. The third-order valence-electron chi connectivity index (χ3n) is 12.3. The molecule has 0 aliphatic heterocycles. The Kier molecular flexibility index (Phi) is 11.8. The molecule has 0 aromatic heterocycles. The third kappa shape index (κ3) is 7.70. The Morgan fingerprint density at radius 3 is 2.17 bits per heavy atom. The largest absolute Gasteiger partial charge is 0.453 e. The standard InChI is InChI=1S/C34H55F5O2S/c1-31-19-17-26(40)22-25(31)13-14-27-28-15-16-29(41)32(28,2)23-24(30(27)31)12-9-7-5-3-4-6-8-10-20-42-21-11-18-33(35,36)34(37,38)39/h24-25,27-30,41H,3-23H2,1-2H3/t24?,25?,27-,28-,29?,30+,31-,32-/m0/s1. The molecule has 4 fully saturated rings. The average molecular weight is 623 g/mol. The van der Waals surface area contributed by atoms with Crippen molar-refractivity contribution in [2.75, 3.05) is 11.5 Å². The quantitative estimate of drug-likeness (QED) is 0.146. The third-order valence-corrected chi connectivity index (χ3v) is 13.5. The van der Waals surface area contributed by atoms with Gasteiger partial charge in [-0.05, 0) is 103 Å². The minimum absolute atomic E-state index is 0.0615. The van der Waals surface area contributed by atoms with Gasteiger partial charge in [0.15, 0.2) is 0 Å². The van der Waals surface area contributed by atoms with Gasteiger partial charge in [-0.25, -0.2) is 0 Å². The molecule has 0 aromatic rings. The van der Waals surface area contributed by atoms with Crippen molar-refractivity contribution in [2.45, 2.75) is 154 Å². The summed E-state index contributed by atoms with van der Waals surface area (Å²) in [4.78, 5) is 12.4. The monoisotopic (exact) mass is 622 g/mol. The van der Waals surface area contributed by atoms with Crippen molar-refractivity contribution >= 4 is 17.5 Å². The van der Waals surface area contributed by atoms with E-state index in [0.29, 0.717) is 41.1 Å². The van der Waals surface area contributed by atoms with Crippen molar-refractivity contribution in [2.24, 2.45) is 40.4 Å². The normalized spacial score (nSPS) is 36.9. The molecule has 8 heteroatoms. The summed E-state index contributed by atoms with van der Waals surface area (Å²) in [5.41, 5.74) is 0.342. The highest BCUT2D eigenvalue weighted by molar-refractivity contribution is 7.99. The van der Waals surface area contributed by atoms with Gasteiger partial charge in [0.05, 0.1) is 6.10 Å². The van der Waals surface area contributed by atoms with Crippen molar-refractivity contribution < 1.29 is 31.9 Å². The van der Waals surface area contributed by atoms with Crippen LogP contribution in [0.5, 0.6) is 0 Å². The van der Waals surface area contributed by atoms with Crippen LogP contribution in [0, 0.1) is 40.4 Å². The van der Waals surface area contributed by atoms with Crippen LogP contribution in [-0.4, -0.2) is 40.6 Å². The van der Waals surface area contributed by atoms with Gasteiger partial charge in [-0.1, -0.05) is 65.2 Å². The minimum atomic E-state index is -5.44. The van der Waals surface area contributed by atoms with Crippen LogP contribution in [0.2, 0.25) is 0 Å². The van der Waals surface area contributed by atoms with Crippen molar-refractivity contribution in [1.82, 2.24) is 0 Å². The molecule has 0 heterocycles. The molecule has 0 spiro atoms. The molecule has 4 saturated carbocycles. The zero-order valence-electron chi connectivity index (χ0n) is 26.0. The topological polar surface area (TPSA) is 37.3 Å². The first-order valence-electron chi connectivity index (χ1n) is 17.0. The molecule has 4 aliphatic rings. The molecule has 0 aromatic carbocycles. The Hall–Kier alpha value is -0.370. The number of aliphatic hydroxyl groups is 1. The molecule has 0 amide bonds. The zero-order valence-corrected chi connectivity index (χ0v) is 26.8. The maximum Gasteiger partial charge on any atom is 0.453 e. The van der Waals surface area contributed by atoms with Crippen LogP contribution >= 0.6 is 11.8 Å². The summed E-state index contributed by atoms with van der Waals surface area (Å²) >= 11 is 1.48. The van der Waals surface area contributed by atoms with E-state index < -0.39 is 18.5 Å². The van der Waals surface area contributed by atoms with Gasteiger partial charge in [0.25, 0.3) is 0 Å². The number of halogens is 5. The van der Waals surface area contributed by atoms with E-state index in [2.05, 4.69) is 13.8 Å². The Morgan fingerprint density at radius 1 is 0.833 bits per heavy atom. The van der Waals surface area contributed by atoms with E-state index in [-0.39, 0.29) is 23.4 Å². The summed E-state index contributed by atoms with van der Waals surface area (Å²) in [5, 5.41) is 11.1. The number of hydrogen-bond acceptors (Lipinski definition) is 3. The first kappa shape index (κ1) is 34.5. The Morgan fingerprint density at radius 2 is 1.48 bits per heavy atom. The number of ketones is 1. The highest BCUT2D eigenvalue weighted by Gasteiger charge is 2.62. The van der Waals surface area contributed by atoms with E-state index in [9.17, 15) is 31.9 Å². The second kappa shape index (κ2) is 14.4. The van der Waals surface area contributed by atoms with E-state index in [1.807, 2.05) is 0 Å². The lowest BCUT2D eigenvalue weighted by Gasteiger charge is -2.62. The van der Waals surface area contributed by atoms with E-state index >= 15 is 0 Å². The molecule has 4 rings (SSSR count). The first-order valence-corrected chi connectivity index (χ1v) is 18.2. The molecule has 2 nitrogen and oxygen atoms in total.